The molecule has 0 radical (unpaired) electrons. The van der Waals surface area contributed by atoms with Crippen molar-refractivity contribution in [3.05, 3.63) is 121 Å². The minimum Gasteiger partial charge on any atom is -0.456 e. The van der Waals surface area contributed by atoms with Gasteiger partial charge in [-0.25, -0.2) is 9.97 Å². The van der Waals surface area contributed by atoms with Gasteiger partial charge in [0.1, 0.15) is 11.2 Å². The number of para-hydroxylation sites is 1. The van der Waals surface area contributed by atoms with Crippen LogP contribution < -0.4 is 0 Å². The van der Waals surface area contributed by atoms with Crippen molar-refractivity contribution in [2.75, 3.05) is 0 Å². The maximum Gasteiger partial charge on any atom is 0.160 e. The summed E-state index contributed by atoms with van der Waals surface area (Å²) in [5.41, 5.74) is 8.08. The van der Waals surface area contributed by atoms with Crippen LogP contribution in [-0.4, -0.2) is 9.97 Å². The number of nitrogens with zero attached hydrogens (tertiary/aromatic N) is 2. The zero-order valence-electron chi connectivity index (χ0n) is 20.3. The maximum absolute atomic E-state index is 6.17. The first-order chi connectivity index (χ1) is 18.8. The summed E-state index contributed by atoms with van der Waals surface area (Å²) in [5.74, 6) is 0.700. The highest BCUT2D eigenvalue weighted by Crippen LogP contribution is 2.40. The van der Waals surface area contributed by atoms with Gasteiger partial charge in [0.15, 0.2) is 5.82 Å². The fourth-order valence-corrected chi connectivity index (χ4v) is 6.39. The number of hydrogen-bond donors (Lipinski definition) is 0. The van der Waals surface area contributed by atoms with Crippen LogP contribution in [-0.2, 0) is 0 Å². The lowest BCUT2D eigenvalue weighted by atomic mass is 10.0. The molecule has 38 heavy (non-hydrogen) atoms. The predicted octanol–water partition coefficient (Wildman–Crippen LogP) is 9.74. The van der Waals surface area contributed by atoms with Crippen LogP contribution in [0.4, 0.5) is 0 Å². The molecule has 0 amide bonds. The van der Waals surface area contributed by atoms with E-state index in [0.717, 1.165) is 54.4 Å². The molecule has 0 saturated carbocycles. The molecule has 0 spiro atoms. The maximum atomic E-state index is 6.17. The number of rotatable bonds is 3. The normalized spacial score (nSPS) is 11.7. The van der Waals surface area contributed by atoms with Crippen molar-refractivity contribution < 1.29 is 4.42 Å². The first-order valence-corrected chi connectivity index (χ1v) is 13.4. The van der Waals surface area contributed by atoms with Gasteiger partial charge in [0.25, 0.3) is 0 Å². The fraction of sp³-hybridized carbons (Fsp3) is 0. The summed E-state index contributed by atoms with van der Waals surface area (Å²) in [6.07, 6.45) is 0. The van der Waals surface area contributed by atoms with Crippen LogP contribution in [0, 0.1) is 0 Å². The molecule has 5 aromatic carbocycles. The SMILES string of the molecule is c1ccc(-c2ccc(-c3nc(-c4ccc5c(c4)oc4ccccc45)nc4c3sc3ccccc34)cc2)cc1. The van der Waals surface area contributed by atoms with Gasteiger partial charge in [-0.3, -0.25) is 0 Å². The molecule has 8 aromatic rings. The molecule has 0 aliphatic heterocycles. The highest BCUT2D eigenvalue weighted by molar-refractivity contribution is 7.26. The summed E-state index contributed by atoms with van der Waals surface area (Å²) < 4.78 is 8.49. The van der Waals surface area contributed by atoms with Crippen LogP contribution in [0.15, 0.2) is 126 Å². The summed E-state index contributed by atoms with van der Waals surface area (Å²) >= 11 is 1.75. The number of thiophene rings is 1. The van der Waals surface area contributed by atoms with E-state index < -0.39 is 0 Å². The number of furan rings is 1. The van der Waals surface area contributed by atoms with E-state index in [4.69, 9.17) is 14.4 Å². The molecule has 3 heterocycles. The van der Waals surface area contributed by atoms with Crippen molar-refractivity contribution in [3.8, 4) is 33.8 Å². The zero-order valence-corrected chi connectivity index (χ0v) is 21.1. The highest BCUT2D eigenvalue weighted by atomic mass is 32.1. The Morgan fingerprint density at radius 1 is 0.500 bits per heavy atom. The molecule has 0 atom stereocenters. The van der Waals surface area contributed by atoms with Crippen LogP contribution in [0.3, 0.4) is 0 Å². The quantitative estimate of drug-likeness (QED) is 0.240. The van der Waals surface area contributed by atoms with E-state index in [9.17, 15) is 0 Å². The van der Waals surface area contributed by atoms with Gasteiger partial charge in [-0.15, -0.1) is 11.3 Å². The molecule has 3 nitrogen and oxygen atoms in total. The van der Waals surface area contributed by atoms with Crippen molar-refractivity contribution >= 4 is 53.6 Å². The third-order valence-corrected chi connectivity index (χ3v) is 8.29. The Balaban J connectivity index is 1.34. The van der Waals surface area contributed by atoms with Crippen molar-refractivity contribution in [3.63, 3.8) is 0 Å². The summed E-state index contributed by atoms with van der Waals surface area (Å²) in [4.78, 5) is 10.3. The smallest absolute Gasteiger partial charge is 0.160 e. The van der Waals surface area contributed by atoms with Crippen LogP contribution in [0.2, 0.25) is 0 Å². The third kappa shape index (κ3) is 3.35. The second-order valence-electron chi connectivity index (χ2n) is 9.42. The van der Waals surface area contributed by atoms with E-state index in [-0.39, 0.29) is 0 Å². The molecule has 0 saturated heterocycles. The minimum atomic E-state index is 0.700. The number of aromatic nitrogens is 2. The summed E-state index contributed by atoms with van der Waals surface area (Å²) in [6.45, 7) is 0. The van der Waals surface area contributed by atoms with Crippen LogP contribution in [0.5, 0.6) is 0 Å². The number of hydrogen-bond acceptors (Lipinski definition) is 4. The van der Waals surface area contributed by atoms with Gasteiger partial charge in [-0.2, -0.15) is 0 Å². The first kappa shape index (κ1) is 21.3. The Kier molecular flexibility index (Phi) is 4.69. The van der Waals surface area contributed by atoms with Gasteiger partial charge in [-0.05, 0) is 35.4 Å². The number of benzene rings is 5. The lowest BCUT2D eigenvalue weighted by Crippen LogP contribution is -1.93. The van der Waals surface area contributed by atoms with Gasteiger partial charge in [0, 0.05) is 32.0 Å². The second-order valence-corrected chi connectivity index (χ2v) is 10.5. The summed E-state index contributed by atoms with van der Waals surface area (Å²) in [6, 6.07) is 42.0. The largest absolute Gasteiger partial charge is 0.456 e. The van der Waals surface area contributed by atoms with E-state index in [1.54, 1.807) is 11.3 Å². The Hall–Kier alpha value is -4.80. The first-order valence-electron chi connectivity index (χ1n) is 12.6. The molecule has 0 aliphatic rings. The third-order valence-electron chi connectivity index (χ3n) is 7.12. The summed E-state index contributed by atoms with van der Waals surface area (Å²) in [7, 11) is 0. The monoisotopic (exact) mass is 504 g/mol. The van der Waals surface area contributed by atoms with Gasteiger partial charge < -0.3 is 4.42 Å². The summed E-state index contributed by atoms with van der Waals surface area (Å²) in [5, 5.41) is 3.37. The van der Waals surface area contributed by atoms with E-state index in [1.807, 2.05) is 24.3 Å². The van der Waals surface area contributed by atoms with Crippen molar-refractivity contribution in [2.24, 2.45) is 0 Å². The van der Waals surface area contributed by atoms with Crippen molar-refractivity contribution in [2.45, 2.75) is 0 Å². The fourth-order valence-electron chi connectivity index (χ4n) is 5.23. The molecule has 0 fully saturated rings. The average Bonchev–Trinajstić information content (AvgIpc) is 3.55. The zero-order chi connectivity index (χ0) is 25.1. The standard InChI is InChI=1S/C34H20N2OS/c1-2-8-21(9-3-1)22-14-16-23(17-15-22)31-33-32(27-11-5-7-13-30(27)38-33)36-34(35-31)24-18-19-26-25-10-4-6-12-28(25)37-29(26)20-24/h1-20H. The highest BCUT2D eigenvalue weighted by Gasteiger charge is 2.17. The molecule has 0 bridgehead atoms. The molecule has 178 valence electrons. The second kappa shape index (κ2) is 8.37. The van der Waals surface area contributed by atoms with E-state index >= 15 is 0 Å². The van der Waals surface area contributed by atoms with E-state index in [2.05, 4.69) is 97.1 Å². The molecule has 8 rings (SSSR count). The van der Waals surface area contributed by atoms with Crippen LogP contribution in [0.1, 0.15) is 0 Å². The van der Waals surface area contributed by atoms with Crippen molar-refractivity contribution in [1.82, 2.24) is 9.97 Å². The van der Waals surface area contributed by atoms with E-state index in [1.165, 1.54) is 15.8 Å². The molecule has 0 N–H and O–H groups in total. The molecular formula is C34H20N2OS. The van der Waals surface area contributed by atoms with Crippen LogP contribution in [0.25, 0.3) is 76.0 Å². The predicted molar refractivity (Wildman–Crippen MR) is 159 cm³/mol. The van der Waals surface area contributed by atoms with Gasteiger partial charge >= 0.3 is 0 Å². The Labute approximate surface area is 222 Å². The lowest BCUT2D eigenvalue weighted by molar-refractivity contribution is 0.669. The Morgan fingerprint density at radius 2 is 1.16 bits per heavy atom. The molecule has 4 heteroatoms. The minimum absolute atomic E-state index is 0.700. The van der Waals surface area contributed by atoms with E-state index in [0.29, 0.717) is 5.82 Å². The van der Waals surface area contributed by atoms with Gasteiger partial charge in [0.2, 0.25) is 0 Å². The Morgan fingerprint density at radius 3 is 2.03 bits per heavy atom. The molecule has 0 aliphatic carbocycles. The van der Waals surface area contributed by atoms with Crippen molar-refractivity contribution in [1.29, 1.82) is 0 Å². The van der Waals surface area contributed by atoms with Gasteiger partial charge in [-0.1, -0.05) is 97.1 Å². The van der Waals surface area contributed by atoms with Gasteiger partial charge in [0.05, 0.1) is 15.9 Å². The topological polar surface area (TPSA) is 38.9 Å². The molecule has 0 unspecified atom stereocenters. The molecule has 3 aromatic heterocycles. The molecular weight excluding hydrogens is 484 g/mol. The number of fused-ring (bicyclic) bond motifs is 6. The van der Waals surface area contributed by atoms with Crippen LogP contribution >= 0.6 is 11.3 Å². The lowest BCUT2D eigenvalue weighted by Gasteiger charge is -2.08. The Bertz CT molecular complexity index is 2120. The average molecular weight is 505 g/mol.